The summed E-state index contributed by atoms with van der Waals surface area (Å²) in [6.45, 7) is 0.269. The molecule has 124 valence electrons. The summed E-state index contributed by atoms with van der Waals surface area (Å²) in [6, 6.07) is 13.6. The Balaban J connectivity index is 1.77. The standard InChI is InChI=1S/C18H16ClNO4/c19-15-8-4-7-13-10-20(16(17(21)22)9-14(13)15)18(23)24-11-12-5-2-1-3-6-12/h1-8,16H,9-11H2,(H,21,22)/t16-/m1/s1. The van der Waals surface area contributed by atoms with Gasteiger partial charge in [0.2, 0.25) is 0 Å². The van der Waals surface area contributed by atoms with Crippen molar-refractivity contribution in [1.29, 1.82) is 0 Å². The van der Waals surface area contributed by atoms with Crippen molar-refractivity contribution in [3.63, 3.8) is 0 Å². The molecular weight excluding hydrogens is 330 g/mol. The first-order valence-corrected chi connectivity index (χ1v) is 7.90. The third-order valence-electron chi connectivity index (χ3n) is 4.05. The van der Waals surface area contributed by atoms with Crippen molar-refractivity contribution in [2.75, 3.05) is 0 Å². The average Bonchev–Trinajstić information content (AvgIpc) is 2.60. The molecule has 2 aromatic carbocycles. The molecule has 1 aliphatic rings. The van der Waals surface area contributed by atoms with Gasteiger partial charge in [0.25, 0.3) is 0 Å². The van der Waals surface area contributed by atoms with Crippen LogP contribution in [0.25, 0.3) is 0 Å². The third kappa shape index (κ3) is 3.36. The Morgan fingerprint density at radius 2 is 1.92 bits per heavy atom. The molecule has 5 nitrogen and oxygen atoms in total. The van der Waals surface area contributed by atoms with E-state index in [1.54, 1.807) is 12.1 Å². The van der Waals surface area contributed by atoms with Crippen LogP contribution in [-0.2, 0) is 29.1 Å². The Hall–Kier alpha value is -2.53. The molecule has 0 aromatic heterocycles. The minimum atomic E-state index is -1.07. The minimum absolute atomic E-state index is 0.102. The number of ether oxygens (including phenoxy) is 1. The highest BCUT2D eigenvalue weighted by atomic mass is 35.5. The van der Waals surface area contributed by atoms with Crippen molar-refractivity contribution in [3.8, 4) is 0 Å². The Morgan fingerprint density at radius 1 is 1.17 bits per heavy atom. The number of aliphatic carboxylic acids is 1. The molecule has 0 saturated carbocycles. The van der Waals surface area contributed by atoms with Gasteiger partial charge < -0.3 is 9.84 Å². The fourth-order valence-corrected chi connectivity index (χ4v) is 3.06. The lowest BCUT2D eigenvalue weighted by Gasteiger charge is -2.34. The van der Waals surface area contributed by atoms with Gasteiger partial charge in [0.1, 0.15) is 12.6 Å². The SMILES string of the molecule is O=C(O)[C@H]1Cc2c(Cl)cccc2CN1C(=O)OCc1ccccc1. The van der Waals surface area contributed by atoms with Crippen molar-refractivity contribution in [3.05, 3.63) is 70.2 Å². The summed E-state index contributed by atoms with van der Waals surface area (Å²) < 4.78 is 5.28. The fraction of sp³-hybridized carbons (Fsp3) is 0.222. The second kappa shape index (κ2) is 6.93. The van der Waals surface area contributed by atoms with Crippen LogP contribution in [0.3, 0.4) is 0 Å². The van der Waals surface area contributed by atoms with Crippen LogP contribution < -0.4 is 0 Å². The van der Waals surface area contributed by atoms with Crippen molar-refractivity contribution in [1.82, 2.24) is 4.90 Å². The first kappa shape index (κ1) is 16.3. The monoisotopic (exact) mass is 345 g/mol. The molecule has 1 heterocycles. The summed E-state index contributed by atoms with van der Waals surface area (Å²) in [5.74, 6) is -1.07. The van der Waals surface area contributed by atoms with Gasteiger partial charge in [-0.25, -0.2) is 9.59 Å². The van der Waals surface area contributed by atoms with E-state index in [1.807, 2.05) is 36.4 Å². The highest BCUT2D eigenvalue weighted by Crippen LogP contribution is 2.29. The second-order valence-corrected chi connectivity index (χ2v) is 6.01. The van der Waals surface area contributed by atoms with Crippen LogP contribution in [0.2, 0.25) is 5.02 Å². The van der Waals surface area contributed by atoms with E-state index in [0.717, 1.165) is 16.7 Å². The van der Waals surface area contributed by atoms with E-state index in [1.165, 1.54) is 4.90 Å². The maximum absolute atomic E-state index is 12.4. The number of rotatable bonds is 3. The number of benzene rings is 2. The van der Waals surface area contributed by atoms with E-state index in [2.05, 4.69) is 0 Å². The zero-order valence-corrected chi connectivity index (χ0v) is 13.6. The first-order valence-electron chi connectivity index (χ1n) is 7.52. The Kier molecular flexibility index (Phi) is 4.71. The van der Waals surface area contributed by atoms with Crippen molar-refractivity contribution < 1.29 is 19.4 Å². The van der Waals surface area contributed by atoms with Gasteiger partial charge in [-0.15, -0.1) is 0 Å². The zero-order valence-electron chi connectivity index (χ0n) is 12.8. The lowest BCUT2D eigenvalue weighted by molar-refractivity contribution is -0.143. The number of hydrogen-bond acceptors (Lipinski definition) is 3. The maximum atomic E-state index is 12.4. The molecule has 6 heteroatoms. The lowest BCUT2D eigenvalue weighted by Crippen LogP contribution is -2.48. The highest BCUT2D eigenvalue weighted by Gasteiger charge is 2.36. The van der Waals surface area contributed by atoms with Gasteiger partial charge in [-0.05, 0) is 22.8 Å². The molecule has 24 heavy (non-hydrogen) atoms. The van der Waals surface area contributed by atoms with Gasteiger partial charge in [-0.1, -0.05) is 54.1 Å². The molecule has 0 fully saturated rings. The topological polar surface area (TPSA) is 66.8 Å². The molecule has 0 unspecified atom stereocenters. The van der Waals surface area contributed by atoms with Crippen LogP contribution in [0.1, 0.15) is 16.7 Å². The molecule has 0 bridgehead atoms. The summed E-state index contributed by atoms with van der Waals surface area (Å²) in [6.07, 6.45) is -0.470. The lowest BCUT2D eigenvalue weighted by atomic mass is 9.94. The number of nitrogens with zero attached hydrogens (tertiary/aromatic N) is 1. The second-order valence-electron chi connectivity index (χ2n) is 5.60. The van der Waals surface area contributed by atoms with Crippen LogP contribution in [0.4, 0.5) is 4.79 Å². The van der Waals surface area contributed by atoms with Gasteiger partial charge in [0.15, 0.2) is 0 Å². The number of carboxylic acid groups (broad SMARTS) is 1. The number of carbonyl (C=O) groups is 2. The summed E-state index contributed by atoms with van der Waals surface area (Å²) in [5, 5.41) is 9.99. The molecule has 0 radical (unpaired) electrons. The molecule has 1 N–H and O–H groups in total. The van der Waals surface area contributed by atoms with Gasteiger partial charge in [-0.2, -0.15) is 0 Å². The largest absolute Gasteiger partial charge is 0.480 e. The average molecular weight is 346 g/mol. The van der Waals surface area contributed by atoms with Crippen LogP contribution in [-0.4, -0.2) is 28.1 Å². The van der Waals surface area contributed by atoms with Crippen LogP contribution in [0, 0.1) is 0 Å². The predicted octanol–water partition coefficient (Wildman–Crippen LogP) is 3.49. The van der Waals surface area contributed by atoms with Gasteiger partial charge in [0.05, 0.1) is 6.54 Å². The third-order valence-corrected chi connectivity index (χ3v) is 4.41. The van der Waals surface area contributed by atoms with E-state index in [9.17, 15) is 14.7 Å². The van der Waals surface area contributed by atoms with Gasteiger partial charge in [0, 0.05) is 11.4 Å². The Bertz CT molecular complexity index is 763. The predicted molar refractivity (Wildman–Crippen MR) is 88.7 cm³/mol. The molecule has 0 saturated heterocycles. The summed E-state index contributed by atoms with van der Waals surface area (Å²) >= 11 is 6.15. The van der Waals surface area contributed by atoms with Crippen LogP contribution >= 0.6 is 11.6 Å². The molecule has 1 atom stereocenters. The first-order chi connectivity index (χ1) is 11.6. The molecule has 3 rings (SSSR count). The highest BCUT2D eigenvalue weighted by molar-refractivity contribution is 6.31. The van der Waals surface area contributed by atoms with Crippen molar-refractivity contribution in [2.45, 2.75) is 25.6 Å². The zero-order chi connectivity index (χ0) is 17.1. The molecule has 2 aromatic rings. The quantitative estimate of drug-likeness (QED) is 0.924. The summed E-state index contributed by atoms with van der Waals surface area (Å²) in [5.41, 5.74) is 2.47. The maximum Gasteiger partial charge on any atom is 0.411 e. The number of carbonyl (C=O) groups excluding carboxylic acids is 1. The van der Waals surface area contributed by atoms with E-state index in [4.69, 9.17) is 16.3 Å². The van der Waals surface area contributed by atoms with E-state index in [0.29, 0.717) is 5.02 Å². The Labute approximate surface area is 144 Å². The van der Waals surface area contributed by atoms with Gasteiger partial charge in [-0.3, -0.25) is 4.90 Å². The number of halogens is 1. The van der Waals surface area contributed by atoms with Crippen LogP contribution in [0.5, 0.6) is 0 Å². The normalized spacial score (nSPS) is 16.4. The smallest absolute Gasteiger partial charge is 0.411 e. The number of carboxylic acids is 1. The Morgan fingerprint density at radius 3 is 2.62 bits per heavy atom. The van der Waals surface area contributed by atoms with E-state index in [-0.39, 0.29) is 19.6 Å². The number of amides is 1. The number of fused-ring (bicyclic) bond motifs is 1. The summed E-state index contributed by atoms with van der Waals surface area (Å²) in [7, 11) is 0. The van der Waals surface area contributed by atoms with Gasteiger partial charge >= 0.3 is 12.1 Å². The molecule has 1 aliphatic heterocycles. The van der Waals surface area contributed by atoms with Crippen LogP contribution in [0.15, 0.2) is 48.5 Å². The van der Waals surface area contributed by atoms with E-state index >= 15 is 0 Å². The van der Waals surface area contributed by atoms with Crippen molar-refractivity contribution in [2.24, 2.45) is 0 Å². The molecular formula is C18H16ClNO4. The minimum Gasteiger partial charge on any atom is -0.480 e. The van der Waals surface area contributed by atoms with E-state index < -0.39 is 18.1 Å². The molecule has 0 spiro atoms. The van der Waals surface area contributed by atoms with Crippen molar-refractivity contribution >= 4 is 23.7 Å². The summed E-state index contributed by atoms with van der Waals surface area (Å²) in [4.78, 5) is 25.2. The number of hydrogen-bond donors (Lipinski definition) is 1. The molecule has 0 aliphatic carbocycles. The molecule has 1 amide bonds. The fourth-order valence-electron chi connectivity index (χ4n) is 2.79.